The molecular formula is C21H28N4O2. The summed E-state index contributed by atoms with van der Waals surface area (Å²) in [6, 6.07) is 8.35. The Morgan fingerprint density at radius 3 is 2.81 bits per heavy atom. The van der Waals surface area contributed by atoms with Crippen LogP contribution in [0.25, 0.3) is 0 Å². The SMILES string of the molecule is O=C(c1ccccc1N1CCOCC1)N1CCCCC1CCn1ccnc1. The molecule has 0 bridgehead atoms. The predicted octanol–water partition coefficient (Wildman–Crippen LogP) is 2.80. The number of nitrogens with zero attached hydrogens (tertiary/aromatic N) is 4. The van der Waals surface area contributed by atoms with Crippen LogP contribution in [0.3, 0.4) is 0 Å². The number of carbonyl (C=O) groups excluding carboxylic acids is 1. The van der Waals surface area contributed by atoms with E-state index < -0.39 is 0 Å². The van der Waals surface area contributed by atoms with Crippen LogP contribution in [0.1, 0.15) is 36.0 Å². The number of likely N-dealkylation sites (tertiary alicyclic amines) is 1. The number of hydrogen-bond donors (Lipinski definition) is 0. The van der Waals surface area contributed by atoms with Crippen molar-refractivity contribution in [1.82, 2.24) is 14.5 Å². The Morgan fingerprint density at radius 2 is 2.00 bits per heavy atom. The first-order valence-electron chi connectivity index (χ1n) is 10.0. The molecule has 4 rings (SSSR count). The summed E-state index contributed by atoms with van der Waals surface area (Å²) in [5.74, 6) is 0.174. The second-order valence-electron chi connectivity index (χ2n) is 7.35. The zero-order valence-corrected chi connectivity index (χ0v) is 15.8. The van der Waals surface area contributed by atoms with Crippen LogP contribution in [0.15, 0.2) is 43.0 Å². The predicted molar refractivity (Wildman–Crippen MR) is 105 cm³/mol. The number of anilines is 1. The van der Waals surface area contributed by atoms with Crippen molar-refractivity contribution in [2.75, 3.05) is 37.7 Å². The molecule has 0 saturated carbocycles. The molecule has 0 aliphatic carbocycles. The fourth-order valence-corrected chi connectivity index (χ4v) is 4.17. The lowest BCUT2D eigenvalue weighted by Crippen LogP contribution is -2.45. The average Bonchev–Trinajstić information content (AvgIpc) is 3.26. The quantitative estimate of drug-likeness (QED) is 0.814. The van der Waals surface area contributed by atoms with E-state index in [1.165, 1.54) is 6.42 Å². The molecule has 0 radical (unpaired) electrons. The Kier molecular flexibility index (Phi) is 5.72. The van der Waals surface area contributed by atoms with E-state index in [-0.39, 0.29) is 5.91 Å². The minimum atomic E-state index is 0.174. The summed E-state index contributed by atoms with van der Waals surface area (Å²) in [5.41, 5.74) is 1.87. The lowest BCUT2D eigenvalue weighted by molar-refractivity contribution is 0.0595. The Morgan fingerprint density at radius 1 is 1.15 bits per heavy atom. The maximum Gasteiger partial charge on any atom is 0.256 e. The number of ether oxygens (including phenoxy) is 1. The van der Waals surface area contributed by atoms with Crippen LogP contribution in [-0.4, -0.2) is 59.2 Å². The lowest BCUT2D eigenvalue weighted by Gasteiger charge is -2.37. The van der Waals surface area contributed by atoms with Crippen LogP contribution < -0.4 is 4.90 Å². The largest absolute Gasteiger partial charge is 0.378 e. The first-order valence-corrected chi connectivity index (χ1v) is 10.0. The highest BCUT2D eigenvalue weighted by Gasteiger charge is 2.29. The van der Waals surface area contributed by atoms with Crippen LogP contribution in [0.5, 0.6) is 0 Å². The van der Waals surface area contributed by atoms with Crippen molar-refractivity contribution in [3.63, 3.8) is 0 Å². The van der Waals surface area contributed by atoms with Crippen LogP contribution in [0.4, 0.5) is 5.69 Å². The van der Waals surface area contributed by atoms with Crippen LogP contribution in [-0.2, 0) is 11.3 Å². The number of imidazole rings is 1. The number of amides is 1. The third kappa shape index (κ3) is 4.16. The number of morpholine rings is 1. The number of rotatable bonds is 5. The van der Waals surface area contributed by atoms with Gasteiger partial charge in [-0.25, -0.2) is 4.98 Å². The molecule has 3 heterocycles. The van der Waals surface area contributed by atoms with Gasteiger partial charge in [-0.05, 0) is 37.8 Å². The van der Waals surface area contributed by atoms with Crippen LogP contribution in [0.2, 0.25) is 0 Å². The smallest absolute Gasteiger partial charge is 0.256 e. The molecule has 2 saturated heterocycles. The molecule has 144 valence electrons. The highest BCUT2D eigenvalue weighted by molar-refractivity contribution is 6.00. The van der Waals surface area contributed by atoms with Gasteiger partial charge in [-0.15, -0.1) is 0 Å². The van der Waals surface area contributed by atoms with Gasteiger partial charge in [0.1, 0.15) is 0 Å². The van der Waals surface area contributed by atoms with Gasteiger partial charge in [0, 0.05) is 50.3 Å². The molecule has 1 aromatic heterocycles. The number of hydrogen-bond acceptors (Lipinski definition) is 4. The monoisotopic (exact) mass is 368 g/mol. The van der Waals surface area contributed by atoms with Crippen LogP contribution in [0, 0.1) is 0 Å². The number of aromatic nitrogens is 2. The lowest BCUT2D eigenvalue weighted by atomic mass is 9.97. The summed E-state index contributed by atoms with van der Waals surface area (Å²) in [6.45, 7) is 4.88. The Balaban J connectivity index is 1.51. The topological polar surface area (TPSA) is 50.6 Å². The fourth-order valence-electron chi connectivity index (χ4n) is 4.17. The van der Waals surface area contributed by atoms with Crippen molar-refractivity contribution >= 4 is 11.6 Å². The maximum atomic E-state index is 13.5. The molecule has 0 spiro atoms. The van der Waals surface area contributed by atoms with E-state index in [1.54, 1.807) is 0 Å². The van der Waals surface area contributed by atoms with Crippen molar-refractivity contribution in [2.24, 2.45) is 0 Å². The minimum absolute atomic E-state index is 0.174. The molecule has 1 atom stereocenters. The summed E-state index contributed by atoms with van der Waals surface area (Å²) in [5, 5.41) is 0. The number of para-hydroxylation sites is 1. The standard InChI is InChI=1S/C21H28N4O2/c26-21(19-6-1-2-7-20(19)24-13-15-27-16-14-24)25-10-4-3-5-18(25)8-11-23-12-9-22-17-23/h1-2,6-7,9,12,17-18H,3-5,8,10-11,13-16H2. The van der Waals surface area contributed by atoms with E-state index in [0.29, 0.717) is 6.04 Å². The summed E-state index contributed by atoms with van der Waals surface area (Å²) in [7, 11) is 0. The summed E-state index contributed by atoms with van der Waals surface area (Å²) in [4.78, 5) is 22.0. The molecular weight excluding hydrogens is 340 g/mol. The minimum Gasteiger partial charge on any atom is -0.378 e. The van der Waals surface area contributed by atoms with E-state index in [1.807, 2.05) is 36.9 Å². The van der Waals surface area contributed by atoms with Crippen molar-refractivity contribution in [3.8, 4) is 0 Å². The molecule has 2 aliphatic rings. The van der Waals surface area contributed by atoms with Crippen molar-refractivity contribution in [1.29, 1.82) is 0 Å². The fraction of sp³-hybridized carbons (Fsp3) is 0.524. The highest BCUT2D eigenvalue weighted by Crippen LogP contribution is 2.27. The number of aryl methyl sites for hydroxylation is 1. The van der Waals surface area contributed by atoms with Gasteiger partial charge in [0.05, 0.1) is 25.1 Å². The third-order valence-corrected chi connectivity index (χ3v) is 5.65. The average molecular weight is 368 g/mol. The molecule has 1 aromatic carbocycles. The van der Waals surface area contributed by atoms with Crippen molar-refractivity contribution < 1.29 is 9.53 Å². The van der Waals surface area contributed by atoms with Gasteiger partial charge in [-0.3, -0.25) is 4.79 Å². The van der Waals surface area contributed by atoms with Gasteiger partial charge in [-0.2, -0.15) is 0 Å². The van der Waals surface area contributed by atoms with Gasteiger partial charge in [0.2, 0.25) is 0 Å². The van der Waals surface area contributed by atoms with E-state index in [9.17, 15) is 4.79 Å². The molecule has 27 heavy (non-hydrogen) atoms. The zero-order chi connectivity index (χ0) is 18.5. The van der Waals surface area contributed by atoms with E-state index in [0.717, 1.165) is 69.9 Å². The molecule has 1 unspecified atom stereocenters. The Labute approximate surface area is 160 Å². The third-order valence-electron chi connectivity index (χ3n) is 5.65. The first-order chi connectivity index (χ1) is 13.3. The molecule has 2 fully saturated rings. The van der Waals surface area contributed by atoms with Gasteiger partial charge in [0.15, 0.2) is 0 Å². The molecule has 2 aliphatic heterocycles. The summed E-state index contributed by atoms with van der Waals surface area (Å²) >= 11 is 0. The second kappa shape index (κ2) is 8.57. The molecule has 2 aromatic rings. The van der Waals surface area contributed by atoms with E-state index in [2.05, 4.69) is 25.4 Å². The Bertz CT molecular complexity index is 740. The molecule has 0 N–H and O–H groups in total. The van der Waals surface area contributed by atoms with Crippen LogP contribution >= 0.6 is 0 Å². The molecule has 1 amide bonds. The summed E-state index contributed by atoms with van der Waals surface area (Å²) in [6.07, 6.45) is 9.99. The van der Waals surface area contributed by atoms with Gasteiger partial charge < -0.3 is 19.1 Å². The van der Waals surface area contributed by atoms with Gasteiger partial charge in [0.25, 0.3) is 5.91 Å². The first kappa shape index (κ1) is 18.0. The Hall–Kier alpha value is -2.34. The van der Waals surface area contributed by atoms with Gasteiger partial charge in [-0.1, -0.05) is 12.1 Å². The normalized spacial score (nSPS) is 20.7. The zero-order valence-electron chi connectivity index (χ0n) is 15.8. The molecule has 6 heteroatoms. The van der Waals surface area contributed by atoms with E-state index >= 15 is 0 Å². The van der Waals surface area contributed by atoms with E-state index in [4.69, 9.17) is 4.74 Å². The number of carbonyl (C=O) groups is 1. The number of piperidine rings is 1. The maximum absolute atomic E-state index is 13.5. The van der Waals surface area contributed by atoms with Crippen molar-refractivity contribution in [2.45, 2.75) is 38.3 Å². The van der Waals surface area contributed by atoms with Crippen molar-refractivity contribution in [3.05, 3.63) is 48.5 Å². The summed E-state index contributed by atoms with van der Waals surface area (Å²) < 4.78 is 7.57. The highest BCUT2D eigenvalue weighted by atomic mass is 16.5. The van der Waals surface area contributed by atoms with Gasteiger partial charge >= 0.3 is 0 Å². The second-order valence-corrected chi connectivity index (χ2v) is 7.35. The number of benzene rings is 1. The molecule has 6 nitrogen and oxygen atoms in total.